The average Bonchev–Trinajstić information content (AvgIpc) is 2.40. The Balaban J connectivity index is 2.92. The maximum Gasteiger partial charge on any atom is 0.243 e. The van der Waals surface area contributed by atoms with Crippen molar-refractivity contribution in [2.45, 2.75) is 33.2 Å². The molecule has 0 aromatic heterocycles. The van der Waals surface area contributed by atoms with Gasteiger partial charge in [-0.2, -0.15) is 0 Å². The van der Waals surface area contributed by atoms with E-state index in [0.717, 1.165) is 6.42 Å². The van der Waals surface area contributed by atoms with E-state index in [9.17, 15) is 9.59 Å². The fraction of sp³-hybridized carbons (Fsp3) is 0.800. The Labute approximate surface area is 84.7 Å². The molecule has 0 saturated carbocycles. The molecular weight excluding hydrogens is 180 g/mol. The lowest BCUT2D eigenvalue weighted by Crippen LogP contribution is -2.49. The van der Waals surface area contributed by atoms with Gasteiger partial charge in [-0.15, -0.1) is 0 Å². The average molecular weight is 198 g/mol. The molecule has 0 radical (unpaired) electrons. The second-order valence-electron chi connectivity index (χ2n) is 4.47. The van der Waals surface area contributed by atoms with Crippen LogP contribution < -0.4 is 5.32 Å². The number of rotatable bonds is 1. The second-order valence-corrected chi connectivity index (χ2v) is 4.47. The van der Waals surface area contributed by atoms with E-state index in [1.165, 1.54) is 6.92 Å². The molecule has 0 spiro atoms. The molecule has 14 heavy (non-hydrogen) atoms. The lowest BCUT2D eigenvalue weighted by Gasteiger charge is -2.30. The van der Waals surface area contributed by atoms with Gasteiger partial charge in [0.05, 0.1) is 0 Å². The Hall–Kier alpha value is -1.06. The third-order valence-corrected chi connectivity index (χ3v) is 2.95. The first kappa shape index (κ1) is 11.0. The summed E-state index contributed by atoms with van der Waals surface area (Å²) < 4.78 is 0. The van der Waals surface area contributed by atoms with Crippen molar-refractivity contribution in [3.8, 4) is 0 Å². The van der Waals surface area contributed by atoms with Gasteiger partial charge in [-0.3, -0.25) is 9.59 Å². The Bertz CT molecular complexity index is 261. The van der Waals surface area contributed by atoms with Crippen LogP contribution in [0.2, 0.25) is 0 Å². The zero-order valence-corrected chi connectivity index (χ0v) is 9.26. The predicted octanol–water partition coefficient (Wildman–Crippen LogP) is 0.379. The number of carbonyl (C=O) groups is 2. The van der Waals surface area contributed by atoms with Crippen LogP contribution >= 0.6 is 0 Å². The quantitative estimate of drug-likeness (QED) is 0.662. The maximum absolute atomic E-state index is 11.6. The summed E-state index contributed by atoms with van der Waals surface area (Å²) in [6, 6.07) is -0.315. The van der Waals surface area contributed by atoms with Gasteiger partial charge in [0, 0.05) is 20.5 Å². The van der Waals surface area contributed by atoms with Crippen molar-refractivity contribution in [3.05, 3.63) is 0 Å². The molecule has 4 heteroatoms. The van der Waals surface area contributed by atoms with Crippen molar-refractivity contribution in [1.82, 2.24) is 10.2 Å². The highest BCUT2D eigenvalue weighted by molar-refractivity contribution is 5.88. The van der Waals surface area contributed by atoms with Gasteiger partial charge in [-0.25, -0.2) is 0 Å². The molecule has 1 fully saturated rings. The summed E-state index contributed by atoms with van der Waals surface area (Å²) in [5.74, 6) is -0.0909. The number of carbonyl (C=O) groups excluding carboxylic acids is 2. The van der Waals surface area contributed by atoms with Gasteiger partial charge in [0.1, 0.15) is 6.04 Å². The van der Waals surface area contributed by atoms with E-state index >= 15 is 0 Å². The zero-order valence-electron chi connectivity index (χ0n) is 9.26. The van der Waals surface area contributed by atoms with E-state index in [1.54, 1.807) is 11.9 Å². The summed E-state index contributed by atoms with van der Waals surface area (Å²) in [4.78, 5) is 24.6. The van der Waals surface area contributed by atoms with Gasteiger partial charge in [0.2, 0.25) is 11.8 Å². The second kappa shape index (κ2) is 3.59. The lowest BCUT2D eigenvalue weighted by atomic mass is 9.84. The smallest absolute Gasteiger partial charge is 0.243 e. The molecule has 1 rings (SSSR count). The Morgan fingerprint density at radius 3 is 2.43 bits per heavy atom. The molecule has 0 aromatic rings. The van der Waals surface area contributed by atoms with Crippen LogP contribution in [0, 0.1) is 5.41 Å². The highest BCUT2D eigenvalue weighted by Gasteiger charge is 2.45. The van der Waals surface area contributed by atoms with Crippen molar-refractivity contribution in [3.63, 3.8) is 0 Å². The van der Waals surface area contributed by atoms with Crippen molar-refractivity contribution >= 4 is 11.8 Å². The number of likely N-dealkylation sites (tertiary alicyclic amines) is 1. The fourth-order valence-electron chi connectivity index (χ4n) is 2.07. The molecule has 1 unspecified atom stereocenters. The van der Waals surface area contributed by atoms with Gasteiger partial charge in [-0.1, -0.05) is 13.8 Å². The molecule has 1 aliphatic rings. The van der Waals surface area contributed by atoms with Crippen LogP contribution in [-0.4, -0.2) is 36.3 Å². The molecule has 1 heterocycles. The summed E-state index contributed by atoms with van der Waals surface area (Å²) in [6.45, 7) is 6.24. The van der Waals surface area contributed by atoms with E-state index in [1.807, 2.05) is 13.8 Å². The van der Waals surface area contributed by atoms with E-state index < -0.39 is 0 Å². The summed E-state index contributed by atoms with van der Waals surface area (Å²) in [7, 11) is 1.61. The van der Waals surface area contributed by atoms with Gasteiger partial charge in [-0.05, 0) is 11.8 Å². The topological polar surface area (TPSA) is 49.4 Å². The number of nitrogens with zero attached hydrogens (tertiary/aromatic N) is 1. The minimum absolute atomic E-state index is 0.0239. The summed E-state index contributed by atoms with van der Waals surface area (Å²) >= 11 is 0. The third kappa shape index (κ3) is 1.74. The molecule has 0 aromatic carbocycles. The predicted molar refractivity (Wildman–Crippen MR) is 53.6 cm³/mol. The van der Waals surface area contributed by atoms with Gasteiger partial charge in [0.15, 0.2) is 0 Å². The number of amides is 2. The van der Waals surface area contributed by atoms with Crippen LogP contribution in [0.3, 0.4) is 0 Å². The lowest BCUT2D eigenvalue weighted by molar-refractivity contribution is -0.138. The summed E-state index contributed by atoms with van der Waals surface area (Å²) in [6.07, 6.45) is 0.880. The zero-order chi connectivity index (χ0) is 10.9. The first-order chi connectivity index (χ1) is 6.40. The Kier molecular flexibility index (Phi) is 2.83. The fourth-order valence-corrected chi connectivity index (χ4v) is 2.07. The standard InChI is InChI=1S/C10H18N2O2/c1-7(13)12-6-5-10(2,3)8(12)9(14)11-4/h8H,5-6H2,1-4H3,(H,11,14). The largest absolute Gasteiger partial charge is 0.357 e. The van der Waals surface area contributed by atoms with Crippen LogP contribution in [0.1, 0.15) is 27.2 Å². The van der Waals surface area contributed by atoms with Crippen LogP contribution in [0.25, 0.3) is 0 Å². The van der Waals surface area contributed by atoms with Crippen molar-refractivity contribution in [2.75, 3.05) is 13.6 Å². The normalized spacial score (nSPS) is 24.9. The van der Waals surface area contributed by atoms with E-state index in [0.29, 0.717) is 6.54 Å². The third-order valence-electron chi connectivity index (χ3n) is 2.95. The molecule has 1 saturated heterocycles. The number of likely N-dealkylation sites (N-methyl/N-ethyl adjacent to an activating group) is 1. The van der Waals surface area contributed by atoms with Gasteiger partial charge in [0.25, 0.3) is 0 Å². The minimum atomic E-state index is -0.315. The SMILES string of the molecule is CNC(=O)C1N(C(C)=O)CCC1(C)C. The van der Waals surface area contributed by atoms with Crippen LogP contribution in [0.4, 0.5) is 0 Å². The highest BCUT2D eigenvalue weighted by atomic mass is 16.2. The molecule has 1 N–H and O–H groups in total. The van der Waals surface area contributed by atoms with E-state index in [4.69, 9.17) is 0 Å². The molecule has 4 nitrogen and oxygen atoms in total. The number of hydrogen-bond donors (Lipinski definition) is 1. The van der Waals surface area contributed by atoms with Crippen molar-refractivity contribution < 1.29 is 9.59 Å². The van der Waals surface area contributed by atoms with E-state index in [-0.39, 0.29) is 23.3 Å². The molecule has 2 amide bonds. The summed E-state index contributed by atoms with van der Waals surface area (Å²) in [5.41, 5.74) is -0.119. The monoisotopic (exact) mass is 198 g/mol. The minimum Gasteiger partial charge on any atom is -0.357 e. The first-order valence-electron chi connectivity index (χ1n) is 4.89. The molecule has 0 bridgehead atoms. The Morgan fingerprint density at radius 2 is 2.00 bits per heavy atom. The highest BCUT2D eigenvalue weighted by Crippen LogP contribution is 2.36. The molecular formula is C10H18N2O2. The number of hydrogen-bond acceptors (Lipinski definition) is 2. The first-order valence-corrected chi connectivity index (χ1v) is 4.89. The Morgan fingerprint density at radius 1 is 1.43 bits per heavy atom. The van der Waals surface area contributed by atoms with Crippen LogP contribution in [0.15, 0.2) is 0 Å². The molecule has 1 atom stereocenters. The van der Waals surface area contributed by atoms with Gasteiger partial charge >= 0.3 is 0 Å². The van der Waals surface area contributed by atoms with Crippen molar-refractivity contribution in [1.29, 1.82) is 0 Å². The van der Waals surface area contributed by atoms with Crippen LogP contribution in [0.5, 0.6) is 0 Å². The molecule has 0 aliphatic carbocycles. The molecule has 1 aliphatic heterocycles. The van der Waals surface area contributed by atoms with Crippen molar-refractivity contribution in [2.24, 2.45) is 5.41 Å². The summed E-state index contributed by atoms with van der Waals surface area (Å²) in [5, 5.41) is 2.61. The maximum atomic E-state index is 11.6. The van der Waals surface area contributed by atoms with Gasteiger partial charge < -0.3 is 10.2 Å². The number of nitrogens with one attached hydrogen (secondary N) is 1. The van der Waals surface area contributed by atoms with Crippen LogP contribution in [-0.2, 0) is 9.59 Å². The molecule has 80 valence electrons. The van der Waals surface area contributed by atoms with E-state index in [2.05, 4.69) is 5.32 Å².